The van der Waals surface area contributed by atoms with Gasteiger partial charge in [0.2, 0.25) is 17.2 Å². The highest BCUT2D eigenvalue weighted by molar-refractivity contribution is 6.28. The number of anilines is 3. The minimum absolute atomic E-state index is 0.170. The van der Waals surface area contributed by atoms with Gasteiger partial charge in [-0.3, -0.25) is 4.68 Å². The largest absolute Gasteiger partial charge is 0.341 e. The number of rotatable bonds is 5. The molecule has 2 rings (SSSR count). The summed E-state index contributed by atoms with van der Waals surface area (Å²) >= 11 is 5.93. The van der Waals surface area contributed by atoms with Crippen LogP contribution >= 0.6 is 11.6 Å². The monoisotopic (exact) mass is 281 g/mol. The lowest BCUT2D eigenvalue weighted by Gasteiger charge is -2.18. The first kappa shape index (κ1) is 13.5. The van der Waals surface area contributed by atoms with Crippen LogP contribution in [0.2, 0.25) is 5.28 Å². The molecule has 2 aromatic heterocycles. The highest BCUT2D eigenvalue weighted by Gasteiger charge is 2.10. The summed E-state index contributed by atoms with van der Waals surface area (Å²) in [6, 6.07) is 0. The van der Waals surface area contributed by atoms with Crippen molar-refractivity contribution in [2.24, 2.45) is 7.05 Å². The van der Waals surface area contributed by atoms with Crippen molar-refractivity contribution in [3.05, 3.63) is 17.7 Å². The van der Waals surface area contributed by atoms with E-state index in [9.17, 15) is 0 Å². The van der Waals surface area contributed by atoms with Crippen LogP contribution in [0.5, 0.6) is 0 Å². The van der Waals surface area contributed by atoms with Crippen molar-refractivity contribution in [1.82, 2.24) is 24.7 Å². The third-order valence-electron chi connectivity index (χ3n) is 2.60. The number of aryl methyl sites for hydroxylation is 1. The van der Waals surface area contributed by atoms with E-state index in [1.165, 1.54) is 0 Å². The van der Waals surface area contributed by atoms with Crippen molar-refractivity contribution in [2.75, 3.05) is 23.3 Å². The first-order chi connectivity index (χ1) is 9.12. The average Bonchev–Trinajstić information content (AvgIpc) is 2.75. The van der Waals surface area contributed by atoms with Crippen molar-refractivity contribution < 1.29 is 0 Å². The van der Waals surface area contributed by atoms with E-state index < -0.39 is 0 Å². The Morgan fingerprint density at radius 3 is 2.58 bits per heavy atom. The van der Waals surface area contributed by atoms with Gasteiger partial charge in [-0.2, -0.15) is 20.1 Å². The molecule has 8 heteroatoms. The molecule has 0 aromatic carbocycles. The van der Waals surface area contributed by atoms with E-state index in [-0.39, 0.29) is 5.28 Å². The van der Waals surface area contributed by atoms with Crippen LogP contribution < -0.4 is 10.2 Å². The first-order valence-electron chi connectivity index (χ1n) is 6.04. The third kappa shape index (κ3) is 3.31. The van der Waals surface area contributed by atoms with Crippen LogP contribution in [0.25, 0.3) is 0 Å². The van der Waals surface area contributed by atoms with Gasteiger partial charge in [0.1, 0.15) is 0 Å². The molecule has 1 N–H and O–H groups in total. The highest BCUT2D eigenvalue weighted by atomic mass is 35.5. The van der Waals surface area contributed by atoms with Crippen LogP contribution in [0.15, 0.2) is 12.4 Å². The molecular formula is C11H16ClN7. The van der Waals surface area contributed by atoms with Gasteiger partial charge in [-0.05, 0) is 25.4 Å². The fraction of sp³-hybridized carbons (Fsp3) is 0.455. The second kappa shape index (κ2) is 5.83. The fourth-order valence-corrected chi connectivity index (χ4v) is 1.81. The molecule has 0 spiro atoms. The zero-order valence-electron chi connectivity index (χ0n) is 11.1. The van der Waals surface area contributed by atoms with Gasteiger partial charge in [0, 0.05) is 26.3 Å². The standard InChI is InChI=1S/C11H16ClN7/c1-4-19(5-2)11-16-9(12)15-10(17-11)14-8-6-13-18(3)7-8/h6-7H,4-5H2,1-3H3,(H,14,15,16,17). The average molecular weight is 282 g/mol. The maximum Gasteiger partial charge on any atom is 0.233 e. The van der Waals surface area contributed by atoms with Crippen LogP contribution in [-0.4, -0.2) is 37.8 Å². The normalized spacial score (nSPS) is 10.5. The molecule has 0 aliphatic carbocycles. The van der Waals surface area contributed by atoms with E-state index in [1.807, 2.05) is 32.0 Å². The van der Waals surface area contributed by atoms with E-state index in [0.717, 1.165) is 18.8 Å². The molecule has 0 bridgehead atoms. The third-order valence-corrected chi connectivity index (χ3v) is 2.77. The van der Waals surface area contributed by atoms with Gasteiger partial charge in [-0.1, -0.05) is 0 Å². The van der Waals surface area contributed by atoms with E-state index in [1.54, 1.807) is 10.9 Å². The Morgan fingerprint density at radius 1 is 1.26 bits per heavy atom. The molecule has 102 valence electrons. The molecule has 0 radical (unpaired) electrons. The summed E-state index contributed by atoms with van der Waals surface area (Å²) in [5, 5.41) is 7.29. The van der Waals surface area contributed by atoms with Gasteiger partial charge in [0.25, 0.3) is 0 Å². The summed E-state index contributed by atoms with van der Waals surface area (Å²) in [5.74, 6) is 0.978. The molecule has 0 atom stereocenters. The molecule has 0 saturated heterocycles. The van der Waals surface area contributed by atoms with Gasteiger partial charge in [0.15, 0.2) is 0 Å². The zero-order chi connectivity index (χ0) is 13.8. The van der Waals surface area contributed by atoms with E-state index >= 15 is 0 Å². The number of hydrogen-bond acceptors (Lipinski definition) is 6. The van der Waals surface area contributed by atoms with Gasteiger partial charge in [0.05, 0.1) is 11.9 Å². The van der Waals surface area contributed by atoms with Crippen LogP contribution in [0, 0.1) is 0 Å². The minimum Gasteiger partial charge on any atom is -0.341 e. The Labute approximate surface area is 116 Å². The molecule has 0 saturated carbocycles. The van der Waals surface area contributed by atoms with Gasteiger partial charge >= 0.3 is 0 Å². The molecule has 7 nitrogen and oxygen atoms in total. The summed E-state index contributed by atoms with van der Waals surface area (Å²) < 4.78 is 1.69. The molecule has 0 aliphatic heterocycles. The molecule has 19 heavy (non-hydrogen) atoms. The molecular weight excluding hydrogens is 266 g/mol. The van der Waals surface area contributed by atoms with E-state index in [2.05, 4.69) is 25.4 Å². The van der Waals surface area contributed by atoms with Crippen molar-refractivity contribution in [2.45, 2.75) is 13.8 Å². The maximum atomic E-state index is 5.93. The molecule has 0 amide bonds. The lowest BCUT2D eigenvalue weighted by atomic mass is 10.5. The Hall–Kier alpha value is -1.89. The summed E-state index contributed by atoms with van der Waals surface area (Å²) in [7, 11) is 1.84. The topological polar surface area (TPSA) is 71.8 Å². The maximum absolute atomic E-state index is 5.93. The number of halogens is 1. The van der Waals surface area contributed by atoms with Crippen molar-refractivity contribution in [3.63, 3.8) is 0 Å². The fourth-order valence-electron chi connectivity index (χ4n) is 1.66. The first-order valence-corrected chi connectivity index (χ1v) is 6.42. The summed E-state index contributed by atoms with van der Waals surface area (Å²) in [4.78, 5) is 14.5. The Balaban J connectivity index is 2.25. The van der Waals surface area contributed by atoms with Crippen molar-refractivity contribution >= 4 is 29.2 Å². The molecule has 0 aliphatic rings. The Morgan fingerprint density at radius 2 is 2.00 bits per heavy atom. The highest BCUT2D eigenvalue weighted by Crippen LogP contribution is 2.17. The van der Waals surface area contributed by atoms with Crippen LogP contribution in [-0.2, 0) is 7.05 Å². The number of nitrogens with one attached hydrogen (secondary N) is 1. The molecule has 2 aromatic rings. The van der Waals surface area contributed by atoms with Crippen LogP contribution in [0.1, 0.15) is 13.8 Å². The van der Waals surface area contributed by atoms with Crippen LogP contribution in [0.4, 0.5) is 17.6 Å². The lowest BCUT2D eigenvalue weighted by Crippen LogP contribution is -2.24. The Bertz CT molecular complexity index is 550. The SMILES string of the molecule is CCN(CC)c1nc(Cl)nc(Nc2cnn(C)c2)n1. The second-order valence-corrected chi connectivity index (χ2v) is 4.27. The smallest absolute Gasteiger partial charge is 0.233 e. The van der Waals surface area contributed by atoms with E-state index in [4.69, 9.17) is 11.6 Å². The molecule has 2 heterocycles. The quantitative estimate of drug-likeness (QED) is 0.902. The number of aromatic nitrogens is 5. The number of hydrogen-bond donors (Lipinski definition) is 1. The van der Waals surface area contributed by atoms with Gasteiger partial charge in [-0.15, -0.1) is 0 Å². The summed E-state index contributed by atoms with van der Waals surface area (Å²) in [6.07, 6.45) is 3.52. The zero-order valence-corrected chi connectivity index (χ0v) is 11.9. The van der Waals surface area contributed by atoms with Crippen LogP contribution in [0.3, 0.4) is 0 Å². The predicted octanol–water partition coefficient (Wildman–Crippen LogP) is 1.85. The van der Waals surface area contributed by atoms with Crippen molar-refractivity contribution in [3.8, 4) is 0 Å². The van der Waals surface area contributed by atoms with E-state index in [0.29, 0.717) is 11.9 Å². The van der Waals surface area contributed by atoms with Gasteiger partial charge < -0.3 is 10.2 Å². The van der Waals surface area contributed by atoms with Gasteiger partial charge in [-0.25, -0.2) is 0 Å². The summed E-state index contributed by atoms with van der Waals surface area (Å²) in [5.41, 5.74) is 0.801. The minimum atomic E-state index is 0.170. The predicted molar refractivity (Wildman–Crippen MR) is 74.9 cm³/mol. The molecule has 0 unspecified atom stereocenters. The molecule has 0 fully saturated rings. The van der Waals surface area contributed by atoms with Crippen molar-refractivity contribution in [1.29, 1.82) is 0 Å². The Kier molecular flexibility index (Phi) is 4.16. The lowest BCUT2D eigenvalue weighted by molar-refractivity contribution is 0.768. The summed E-state index contributed by atoms with van der Waals surface area (Å²) in [6.45, 7) is 5.69. The number of nitrogens with zero attached hydrogens (tertiary/aromatic N) is 6. The second-order valence-electron chi connectivity index (χ2n) is 3.93.